The summed E-state index contributed by atoms with van der Waals surface area (Å²) in [4.78, 5) is 16.5. The third-order valence-electron chi connectivity index (χ3n) is 5.64. The molecule has 0 spiro atoms. The molecule has 0 unspecified atom stereocenters. The maximum absolute atomic E-state index is 12.5. The lowest BCUT2D eigenvalue weighted by Gasteiger charge is -2.35. The summed E-state index contributed by atoms with van der Waals surface area (Å²) in [6.45, 7) is 4.64. The van der Waals surface area contributed by atoms with Crippen LogP contribution >= 0.6 is 0 Å². The maximum atomic E-state index is 12.5. The van der Waals surface area contributed by atoms with Gasteiger partial charge < -0.3 is 24.0 Å². The fourth-order valence-electron chi connectivity index (χ4n) is 3.78. The van der Waals surface area contributed by atoms with E-state index in [1.807, 2.05) is 66.4 Å². The second-order valence-electron chi connectivity index (χ2n) is 7.82. The summed E-state index contributed by atoms with van der Waals surface area (Å²) in [5.41, 5.74) is 2.63. The predicted molar refractivity (Wildman–Crippen MR) is 126 cm³/mol. The third kappa shape index (κ3) is 5.34. The van der Waals surface area contributed by atoms with Gasteiger partial charge in [-0.1, -0.05) is 12.1 Å². The summed E-state index contributed by atoms with van der Waals surface area (Å²) in [6, 6.07) is 17.1. The van der Waals surface area contributed by atoms with Crippen molar-refractivity contribution >= 4 is 11.7 Å². The van der Waals surface area contributed by atoms with Gasteiger partial charge in [-0.2, -0.15) is 0 Å². The molecule has 0 N–H and O–H groups in total. The minimum atomic E-state index is -0.0114. The molecule has 1 aliphatic rings. The van der Waals surface area contributed by atoms with Gasteiger partial charge in [0.1, 0.15) is 17.2 Å². The largest absolute Gasteiger partial charge is 0.497 e. The van der Waals surface area contributed by atoms with Crippen molar-refractivity contribution in [2.75, 3.05) is 51.9 Å². The number of ether oxygens (including phenoxy) is 3. The second kappa shape index (κ2) is 10.2. The smallest absolute Gasteiger partial charge is 0.260 e. The number of hydrogen-bond donors (Lipinski definition) is 0. The van der Waals surface area contributed by atoms with E-state index in [2.05, 4.69) is 15.1 Å². The lowest BCUT2D eigenvalue weighted by Crippen LogP contribution is -2.50. The van der Waals surface area contributed by atoms with Crippen molar-refractivity contribution < 1.29 is 19.0 Å². The molecule has 2 aromatic carbocycles. The summed E-state index contributed by atoms with van der Waals surface area (Å²) >= 11 is 0. The number of aryl methyl sites for hydroxylation is 1. The van der Waals surface area contributed by atoms with Gasteiger partial charge in [0, 0.05) is 31.7 Å². The van der Waals surface area contributed by atoms with Crippen molar-refractivity contribution in [3.63, 3.8) is 0 Å². The van der Waals surface area contributed by atoms with Crippen molar-refractivity contribution in [2.45, 2.75) is 6.92 Å². The molecule has 1 aromatic heterocycles. The van der Waals surface area contributed by atoms with Crippen LogP contribution in [0, 0.1) is 6.92 Å². The number of carbonyl (C=O) groups is 1. The first-order chi connectivity index (χ1) is 16.1. The Labute approximate surface area is 193 Å². The van der Waals surface area contributed by atoms with Gasteiger partial charge in [0.15, 0.2) is 12.4 Å². The lowest BCUT2D eigenvalue weighted by atomic mass is 10.1. The fourth-order valence-corrected chi connectivity index (χ4v) is 3.78. The minimum Gasteiger partial charge on any atom is -0.497 e. The number of nitrogens with zero attached hydrogens (tertiary/aromatic N) is 4. The highest BCUT2D eigenvalue weighted by molar-refractivity contribution is 5.78. The van der Waals surface area contributed by atoms with E-state index in [0.29, 0.717) is 43.4 Å². The average Bonchev–Trinajstić information content (AvgIpc) is 2.87. The SMILES string of the molecule is COc1ccc(OC)c(-c2ccc(N3CCN(C(=O)COc4cccc(C)c4)CC3)nn2)c1. The normalized spacial score (nSPS) is 13.5. The first-order valence-corrected chi connectivity index (χ1v) is 10.9. The molecule has 33 heavy (non-hydrogen) atoms. The van der Waals surface area contributed by atoms with Gasteiger partial charge in [0.25, 0.3) is 5.91 Å². The number of anilines is 1. The minimum absolute atomic E-state index is 0.0114. The number of piperazine rings is 1. The third-order valence-corrected chi connectivity index (χ3v) is 5.64. The molecule has 1 saturated heterocycles. The molecule has 1 amide bonds. The summed E-state index contributed by atoms with van der Waals surface area (Å²) in [6.07, 6.45) is 0. The van der Waals surface area contributed by atoms with Gasteiger partial charge >= 0.3 is 0 Å². The number of benzene rings is 2. The van der Waals surface area contributed by atoms with E-state index < -0.39 is 0 Å². The van der Waals surface area contributed by atoms with Crippen LogP contribution in [0.25, 0.3) is 11.3 Å². The highest BCUT2D eigenvalue weighted by atomic mass is 16.5. The van der Waals surface area contributed by atoms with Gasteiger partial charge in [-0.3, -0.25) is 4.79 Å². The molecule has 0 atom stereocenters. The van der Waals surface area contributed by atoms with E-state index in [9.17, 15) is 4.79 Å². The first-order valence-electron chi connectivity index (χ1n) is 10.9. The van der Waals surface area contributed by atoms with Crippen molar-refractivity contribution in [1.82, 2.24) is 15.1 Å². The molecule has 1 fully saturated rings. The maximum Gasteiger partial charge on any atom is 0.260 e. The van der Waals surface area contributed by atoms with Gasteiger partial charge in [-0.05, 0) is 55.0 Å². The Hall–Kier alpha value is -3.81. The zero-order chi connectivity index (χ0) is 23.2. The van der Waals surface area contributed by atoms with E-state index in [-0.39, 0.29) is 12.5 Å². The number of hydrogen-bond acceptors (Lipinski definition) is 7. The Morgan fingerprint density at radius 1 is 0.909 bits per heavy atom. The summed E-state index contributed by atoms with van der Waals surface area (Å²) in [5, 5.41) is 8.82. The molecule has 1 aliphatic heterocycles. The van der Waals surface area contributed by atoms with Crippen LogP contribution in [0.1, 0.15) is 5.56 Å². The van der Waals surface area contributed by atoms with Crippen molar-refractivity contribution in [3.8, 4) is 28.5 Å². The monoisotopic (exact) mass is 448 g/mol. The molecule has 8 nitrogen and oxygen atoms in total. The fraction of sp³-hybridized carbons (Fsp3) is 0.320. The zero-order valence-electron chi connectivity index (χ0n) is 19.2. The quantitative estimate of drug-likeness (QED) is 0.549. The molecule has 4 rings (SSSR count). The van der Waals surface area contributed by atoms with Crippen LogP contribution in [0.2, 0.25) is 0 Å². The van der Waals surface area contributed by atoms with Crippen LogP contribution in [-0.2, 0) is 4.79 Å². The van der Waals surface area contributed by atoms with Crippen LogP contribution in [-0.4, -0.2) is 68.0 Å². The highest BCUT2D eigenvalue weighted by Crippen LogP contribution is 2.32. The van der Waals surface area contributed by atoms with Crippen LogP contribution in [0.15, 0.2) is 54.6 Å². The van der Waals surface area contributed by atoms with Crippen molar-refractivity contribution in [1.29, 1.82) is 0 Å². The highest BCUT2D eigenvalue weighted by Gasteiger charge is 2.22. The Bertz CT molecular complexity index is 1100. The molecular formula is C25H28N4O4. The predicted octanol–water partition coefficient (Wildman–Crippen LogP) is 3.20. The van der Waals surface area contributed by atoms with Gasteiger partial charge in [0.05, 0.1) is 19.9 Å². The Morgan fingerprint density at radius 3 is 2.39 bits per heavy atom. The topological polar surface area (TPSA) is 77.0 Å². The van der Waals surface area contributed by atoms with E-state index in [4.69, 9.17) is 14.2 Å². The molecular weight excluding hydrogens is 420 g/mol. The van der Waals surface area contributed by atoms with Crippen LogP contribution in [0.4, 0.5) is 5.82 Å². The van der Waals surface area contributed by atoms with E-state index in [1.54, 1.807) is 14.2 Å². The number of carbonyl (C=O) groups excluding carboxylic acids is 1. The van der Waals surface area contributed by atoms with Gasteiger partial charge in [-0.15, -0.1) is 10.2 Å². The Kier molecular flexibility index (Phi) is 6.92. The van der Waals surface area contributed by atoms with Gasteiger partial charge in [-0.25, -0.2) is 0 Å². The van der Waals surface area contributed by atoms with Crippen molar-refractivity contribution in [3.05, 3.63) is 60.2 Å². The molecule has 0 bridgehead atoms. The number of methoxy groups -OCH3 is 2. The second-order valence-corrected chi connectivity index (χ2v) is 7.82. The summed E-state index contributed by atoms with van der Waals surface area (Å²) in [7, 11) is 3.25. The van der Waals surface area contributed by atoms with E-state index in [0.717, 1.165) is 22.7 Å². The molecule has 0 aliphatic carbocycles. The molecule has 2 heterocycles. The number of rotatable bonds is 7. The Morgan fingerprint density at radius 2 is 1.73 bits per heavy atom. The van der Waals surface area contributed by atoms with Gasteiger partial charge in [0.2, 0.25) is 0 Å². The zero-order valence-corrected chi connectivity index (χ0v) is 19.2. The van der Waals surface area contributed by atoms with E-state index >= 15 is 0 Å². The van der Waals surface area contributed by atoms with Crippen molar-refractivity contribution in [2.24, 2.45) is 0 Å². The molecule has 3 aromatic rings. The average molecular weight is 449 g/mol. The molecule has 0 radical (unpaired) electrons. The summed E-state index contributed by atoms with van der Waals surface area (Å²) in [5.74, 6) is 2.91. The number of aromatic nitrogens is 2. The molecule has 172 valence electrons. The van der Waals surface area contributed by atoms with Crippen LogP contribution in [0.5, 0.6) is 17.2 Å². The Balaban J connectivity index is 1.34. The standard InChI is InChI=1S/C25H28N4O4/c1-18-5-4-6-20(15-18)33-17-25(30)29-13-11-28(12-14-29)24-10-8-22(26-27-24)21-16-19(31-2)7-9-23(21)32-3/h4-10,15-16H,11-14,17H2,1-3H3. The first kappa shape index (κ1) is 22.4. The van der Waals surface area contributed by atoms with E-state index in [1.165, 1.54) is 0 Å². The lowest BCUT2D eigenvalue weighted by molar-refractivity contribution is -0.133. The van der Waals surface area contributed by atoms with Crippen LogP contribution < -0.4 is 19.1 Å². The molecule has 8 heteroatoms. The molecule has 0 saturated carbocycles. The summed E-state index contributed by atoms with van der Waals surface area (Å²) < 4.78 is 16.4. The van der Waals surface area contributed by atoms with Crippen LogP contribution in [0.3, 0.4) is 0 Å². The number of amides is 1.